The number of hydrogen-bond donors (Lipinski definition) is 1. The van der Waals surface area contributed by atoms with Crippen LogP contribution < -0.4 is 10.1 Å². The Balaban J connectivity index is 1.20. The Morgan fingerprint density at radius 1 is 1.10 bits per heavy atom. The Bertz CT molecular complexity index is 905. The predicted molar refractivity (Wildman–Crippen MR) is 109 cm³/mol. The fourth-order valence-electron chi connectivity index (χ4n) is 3.68. The summed E-state index contributed by atoms with van der Waals surface area (Å²) < 4.78 is 7.62. The molecule has 0 bridgehead atoms. The molecule has 0 spiro atoms. The number of rotatable bonds is 7. The lowest BCUT2D eigenvalue weighted by Gasteiger charge is -2.29. The Kier molecular flexibility index (Phi) is 6.14. The SMILES string of the molecule is O=C(CCOc1ccccc1)NC1CCC(n2cc(-c3cnccn3)cn2)CC1. The van der Waals surface area contributed by atoms with E-state index in [4.69, 9.17) is 4.74 Å². The van der Waals surface area contributed by atoms with Crippen molar-refractivity contribution in [1.82, 2.24) is 25.1 Å². The zero-order valence-electron chi connectivity index (χ0n) is 16.3. The van der Waals surface area contributed by atoms with E-state index in [1.807, 2.05) is 47.4 Å². The van der Waals surface area contributed by atoms with Crippen molar-refractivity contribution < 1.29 is 9.53 Å². The maximum atomic E-state index is 12.2. The Morgan fingerprint density at radius 3 is 2.69 bits per heavy atom. The van der Waals surface area contributed by atoms with Crippen molar-refractivity contribution in [3.63, 3.8) is 0 Å². The van der Waals surface area contributed by atoms with Gasteiger partial charge in [-0.05, 0) is 37.8 Å². The van der Waals surface area contributed by atoms with Crippen molar-refractivity contribution in [3.8, 4) is 17.0 Å². The fourth-order valence-corrected chi connectivity index (χ4v) is 3.68. The smallest absolute Gasteiger partial charge is 0.223 e. The van der Waals surface area contributed by atoms with Crippen LogP contribution in [0.4, 0.5) is 0 Å². The van der Waals surface area contributed by atoms with E-state index < -0.39 is 0 Å². The van der Waals surface area contributed by atoms with Crippen molar-refractivity contribution in [3.05, 3.63) is 61.3 Å². The summed E-state index contributed by atoms with van der Waals surface area (Å²) in [6.45, 7) is 0.392. The van der Waals surface area contributed by atoms with Gasteiger partial charge in [0.25, 0.3) is 0 Å². The van der Waals surface area contributed by atoms with E-state index in [2.05, 4.69) is 20.4 Å². The highest BCUT2D eigenvalue weighted by molar-refractivity contribution is 5.76. The molecule has 150 valence electrons. The first-order valence-corrected chi connectivity index (χ1v) is 10.1. The molecule has 0 unspecified atom stereocenters. The highest BCUT2D eigenvalue weighted by atomic mass is 16.5. The lowest BCUT2D eigenvalue weighted by molar-refractivity contribution is -0.122. The topological polar surface area (TPSA) is 81.9 Å². The number of nitrogens with one attached hydrogen (secondary N) is 1. The lowest BCUT2D eigenvalue weighted by atomic mass is 9.91. The van der Waals surface area contributed by atoms with Crippen molar-refractivity contribution >= 4 is 5.91 Å². The molecule has 3 aromatic rings. The molecule has 0 saturated heterocycles. The maximum absolute atomic E-state index is 12.2. The van der Waals surface area contributed by atoms with Crippen LogP contribution in [0.3, 0.4) is 0 Å². The van der Waals surface area contributed by atoms with Crippen molar-refractivity contribution in [2.45, 2.75) is 44.2 Å². The average Bonchev–Trinajstić information content (AvgIpc) is 3.26. The molecule has 2 aromatic heterocycles. The molecule has 29 heavy (non-hydrogen) atoms. The van der Waals surface area contributed by atoms with Crippen molar-refractivity contribution in [1.29, 1.82) is 0 Å². The van der Waals surface area contributed by atoms with Crippen LogP contribution in [0.15, 0.2) is 61.3 Å². The van der Waals surface area contributed by atoms with Gasteiger partial charge < -0.3 is 10.1 Å². The number of aromatic nitrogens is 4. The van der Waals surface area contributed by atoms with Crippen LogP contribution in [0.2, 0.25) is 0 Å². The second-order valence-corrected chi connectivity index (χ2v) is 7.28. The molecule has 7 heteroatoms. The van der Waals surface area contributed by atoms with Gasteiger partial charge in [0.2, 0.25) is 5.91 Å². The van der Waals surface area contributed by atoms with Crippen LogP contribution in [0.1, 0.15) is 38.1 Å². The number of benzene rings is 1. The molecule has 1 fully saturated rings. The van der Waals surface area contributed by atoms with E-state index >= 15 is 0 Å². The van der Waals surface area contributed by atoms with Crippen LogP contribution in [-0.4, -0.2) is 38.3 Å². The summed E-state index contributed by atoms with van der Waals surface area (Å²) in [5, 5.41) is 7.66. The summed E-state index contributed by atoms with van der Waals surface area (Å²) in [5.41, 5.74) is 1.81. The predicted octanol–water partition coefficient (Wildman–Crippen LogP) is 3.41. The second-order valence-electron chi connectivity index (χ2n) is 7.28. The molecule has 0 aliphatic heterocycles. The first kappa shape index (κ1) is 19.1. The number of carbonyl (C=O) groups is 1. The molecule has 1 aliphatic carbocycles. The van der Waals surface area contributed by atoms with Gasteiger partial charge in [0.1, 0.15) is 5.75 Å². The third kappa shape index (κ3) is 5.19. The van der Waals surface area contributed by atoms with Gasteiger partial charge >= 0.3 is 0 Å². The second kappa shape index (κ2) is 9.32. The third-order valence-electron chi connectivity index (χ3n) is 5.24. The molecule has 1 aliphatic rings. The monoisotopic (exact) mass is 391 g/mol. The van der Waals surface area contributed by atoms with Crippen LogP contribution in [0.5, 0.6) is 5.75 Å². The van der Waals surface area contributed by atoms with E-state index in [1.54, 1.807) is 18.6 Å². The summed E-state index contributed by atoms with van der Waals surface area (Å²) in [5.74, 6) is 0.842. The summed E-state index contributed by atoms with van der Waals surface area (Å²) in [4.78, 5) is 20.6. The average molecular weight is 391 g/mol. The summed E-state index contributed by atoms with van der Waals surface area (Å²) in [7, 11) is 0. The number of amides is 1. The quantitative estimate of drug-likeness (QED) is 0.667. The van der Waals surface area contributed by atoms with Gasteiger partial charge in [0.05, 0.1) is 37.2 Å². The molecular formula is C22H25N5O2. The zero-order valence-corrected chi connectivity index (χ0v) is 16.3. The van der Waals surface area contributed by atoms with E-state index in [9.17, 15) is 4.79 Å². The minimum Gasteiger partial charge on any atom is -0.493 e. The van der Waals surface area contributed by atoms with Gasteiger partial charge in [-0.2, -0.15) is 5.10 Å². The number of para-hydroxylation sites is 1. The molecule has 1 saturated carbocycles. The minimum absolute atomic E-state index is 0.0495. The summed E-state index contributed by atoms with van der Waals surface area (Å²) in [6.07, 6.45) is 13.2. The number of hydrogen-bond acceptors (Lipinski definition) is 5. The Morgan fingerprint density at radius 2 is 1.93 bits per heavy atom. The number of carbonyl (C=O) groups excluding carboxylic acids is 1. The summed E-state index contributed by atoms with van der Waals surface area (Å²) >= 11 is 0. The molecule has 1 N–H and O–H groups in total. The van der Waals surface area contributed by atoms with Crippen LogP contribution in [-0.2, 0) is 4.79 Å². The van der Waals surface area contributed by atoms with E-state index in [-0.39, 0.29) is 11.9 Å². The molecule has 7 nitrogen and oxygen atoms in total. The first-order valence-electron chi connectivity index (χ1n) is 10.1. The summed E-state index contributed by atoms with van der Waals surface area (Å²) in [6, 6.07) is 10.2. The number of ether oxygens (including phenoxy) is 1. The highest BCUT2D eigenvalue weighted by Crippen LogP contribution is 2.29. The maximum Gasteiger partial charge on any atom is 0.223 e. The molecule has 4 rings (SSSR count). The molecule has 1 amide bonds. The van der Waals surface area contributed by atoms with E-state index in [1.165, 1.54) is 0 Å². The lowest BCUT2D eigenvalue weighted by Crippen LogP contribution is -2.38. The van der Waals surface area contributed by atoms with E-state index in [0.29, 0.717) is 19.1 Å². The molecular weight excluding hydrogens is 366 g/mol. The van der Waals surface area contributed by atoms with Gasteiger partial charge in [-0.25, -0.2) is 0 Å². The first-order chi connectivity index (χ1) is 14.3. The molecule has 0 radical (unpaired) electrons. The molecule has 2 heterocycles. The fraction of sp³-hybridized carbons (Fsp3) is 0.364. The van der Waals surface area contributed by atoms with Crippen LogP contribution >= 0.6 is 0 Å². The van der Waals surface area contributed by atoms with Crippen LogP contribution in [0.25, 0.3) is 11.3 Å². The number of nitrogens with zero attached hydrogens (tertiary/aromatic N) is 4. The normalized spacial score (nSPS) is 18.9. The van der Waals surface area contributed by atoms with Crippen LogP contribution in [0, 0.1) is 0 Å². The standard InChI is InChI=1S/C22H25N5O2/c28-22(10-13-29-20-4-2-1-3-5-20)26-18-6-8-19(9-7-18)27-16-17(14-25-27)21-15-23-11-12-24-21/h1-5,11-12,14-16,18-19H,6-10,13H2,(H,26,28). The van der Waals surface area contributed by atoms with Gasteiger partial charge in [0.15, 0.2) is 0 Å². The zero-order chi connectivity index (χ0) is 19.9. The van der Waals surface area contributed by atoms with Crippen molar-refractivity contribution in [2.24, 2.45) is 0 Å². The minimum atomic E-state index is 0.0495. The van der Waals surface area contributed by atoms with Gasteiger partial charge in [-0.3, -0.25) is 19.4 Å². The molecule has 1 aromatic carbocycles. The third-order valence-corrected chi connectivity index (χ3v) is 5.24. The molecule has 0 atom stereocenters. The van der Waals surface area contributed by atoms with Gasteiger partial charge in [0, 0.05) is 30.2 Å². The van der Waals surface area contributed by atoms with Gasteiger partial charge in [-0.1, -0.05) is 18.2 Å². The largest absolute Gasteiger partial charge is 0.493 e. The highest BCUT2D eigenvalue weighted by Gasteiger charge is 2.24. The van der Waals surface area contributed by atoms with Crippen molar-refractivity contribution in [2.75, 3.05) is 6.61 Å². The van der Waals surface area contributed by atoms with Gasteiger partial charge in [-0.15, -0.1) is 0 Å². The Hall–Kier alpha value is -3.22. The van der Waals surface area contributed by atoms with E-state index in [0.717, 1.165) is 42.7 Å². The Labute approximate surface area is 170 Å².